The second kappa shape index (κ2) is 4.13. The van der Waals surface area contributed by atoms with E-state index in [2.05, 4.69) is 0 Å². The van der Waals surface area contributed by atoms with Crippen LogP contribution >= 0.6 is 0 Å². The third-order valence-electron chi connectivity index (χ3n) is 2.17. The Hall–Kier alpha value is -2.97. The van der Waals surface area contributed by atoms with Crippen molar-refractivity contribution in [1.82, 2.24) is 14.5 Å². The summed E-state index contributed by atoms with van der Waals surface area (Å²) in [4.78, 5) is 47.3. The van der Waals surface area contributed by atoms with Gasteiger partial charge in [0.05, 0.1) is 10.6 Å². The Balaban J connectivity index is 2.63. The molecule has 1 aromatic heterocycles. The van der Waals surface area contributed by atoms with Crippen LogP contribution in [0.25, 0.3) is 5.69 Å². The molecular weight excluding hydrogens is 244 g/mol. The highest BCUT2D eigenvalue weighted by Gasteiger charge is 2.08. The maximum Gasteiger partial charge on any atom is 0.338 e. The Morgan fingerprint density at radius 3 is 1.94 bits per heavy atom. The number of H-pyrrole nitrogens is 2. The van der Waals surface area contributed by atoms with Crippen LogP contribution in [0.15, 0.2) is 38.6 Å². The summed E-state index contributed by atoms with van der Waals surface area (Å²) in [5, 5.41) is 10.4. The number of aromatic nitrogens is 3. The van der Waals surface area contributed by atoms with Crippen LogP contribution in [0, 0.1) is 10.1 Å². The van der Waals surface area contributed by atoms with Crippen molar-refractivity contribution in [3.63, 3.8) is 0 Å². The third-order valence-corrected chi connectivity index (χ3v) is 2.17. The molecule has 2 rings (SSSR count). The van der Waals surface area contributed by atoms with E-state index in [1.165, 1.54) is 12.1 Å². The molecule has 0 aliphatic heterocycles. The van der Waals surface area contributed by atoms with Crippen LogP contribution in [0.5, 0.6) is 0 Å². The van der Waals surface area contributed by atoms with Crippen LogP contribution in [0.3, 0.4) is 0 Å². The molecule has 0 spiro atoms. The van der Waals surface area contributed by atoms with Gasteiger partial charge in [-0.05, 0) is 12.1 Å². The molecule has 0 bridgehead atoms. The molecule has 0 saturated carbocycles. The van der Waals surface area contributed by atoms with Gasteiger partial charge in [-0.1, -0.05) is 0 Å². The lowest BCUT2D eigenvalue weighted by molar-refractivity contribution is -0.384. The van der Waals surface area contributed by atoms with E-state index < -0.39 is 22.0 Å². The Morgan fingerprint density at radius 2 is 1.50 bits per heavy atom. The zero-order chi connectivity index (χ0) is 13.3. The van der Waals surface area contributed by atoms with E-state index in [0.29, 0.717) is 4.57 Å². The summed E-state index contributed by atoms with van der Waals surface area (Å²) in [6, 6.07) is 4.75. The lowest BCUT2D eigenvalue weighted by Gasteiger charge is -2.01. The van der Waals surface area contributed by atoms with Crippen molar-refractivity contribution >= 4 is 5.69 Å². The molecule has 0 saturated heterocycles. The van der Waals surface area contributed by atoms with Gasteiger partial charge in [0.2, 0.25) is 0 Å². The summed E-state index contributed by atoms with van der Waals surface area (Å²) in [5.41, 5.74) is -2.81. The first-order valence-corrected chi connectivity index (χ1v) is 4.69. The van der Waals surface area contributed by atoms with Crippen molar-refractivity contribution in [2.45, 2.75) is 0 Å². The minimum Gasteiger partial charge on any atom is -0.258 e. The first kappa shape index (κ1) is 11.5. The fourth-order valence-electron chi connectivity index (χ4n) is 1.39. The van der Waals surface area contributed by atoms with E-state index in [1.54, 1.807) is 0 Å². The third kappa shape index (κ3) is 1.96. The summed E-state index contributed by atoms with van der Waals surface area (Å²) in [6.45, 7) is 0. The van der Waals surface area contributed by atoms with E-state index >= 15 is 0 Å². The molecule has 18 heavy (non-hydrogen) atoms. The number of nitrogens with one attached hydrogen (secondary N) is 2. The summed E-state index contributed by atoms with van der Waals surface area (Å²) in [7, 11) is 0. The van der Waals surface area contributed by atoms with Gasteiger partial charge >= 0.3 is 17.1 Å². The molecule has 0 atom stereocenters. The molecule has 0 aliphatic carbocycles. The molecule has 92 valence electrons. The number of non-ortho nitro benzene ring substituents is 1. The number of benzene rings is 1. The molecule has 0 aliphatic rings. The minimum atomic E-state index is -0.919. The van der Waals surface area contributed by atoms with E-state index in [9.17, 15) is 24.5 Å². The fraction of sp³-hybridized carbons (Fsp3) is 0. The predicted molar refractivity (Wildman–Crippen MR) is 59.9 cm³/mol. The maximum atomic E-state index is 11.4. The smallest absolute Gasteiger partial charge is 0.258 e. The first-order chi connectivity index (χ1) is 8.49. The van der Waals surface area contributed by atoms with E-state index in [1.807, 2.05) is 9.97 Å². The van der Waals surface area contributed by atoms with Gasteiger partial charge in [-0.2, -0.15) is 0 Å². The molecule has 0 radical (unpaired) electrons. The monoisotopic (exact) mass is 250 g/mol. The van der Waals surface area contributed by atoms with Crippen LogP contribution in [0.4, 0.5) is 5.69 Å². The zero-order valence-electron chi connectivity index (χ0n) is 8.75. The summed E-state index contributed by atoms with van der Waals surface area (Å²) in [5.74, 6) is 0. The van der Waals surface area contributed by atoms with E-state index in [0.717, 1.165) is 12.1 Å². The second-order valence-corrected chi connectivity index (χ2v) is 3.30. The van der Waals surface area contributed by atoms with Gasteiger partial charge in [0.1, 0.15) is 0 Å². The molecule has 1 heterocycles. The predicted octanol–water partition coefficient (Wildman–Crippen LogP) is -0.878. The van der Waals surface area contributed by atoms with Crippen molar-refractivity contribution in [3.05, 3.63) is 65.8 Å². The average Bonchev–Trinajstić information content (AvgIpc) is 2.28. The molecule has 9 nitrogen and oxygen atoms in total. The molecule has 2 aromatic rings. The van der Waals surface area contributed by atoms with Crippen LogP contribution in [-0.2, 0) is 0 Å². The van der Waals surface area contributed by atoms with Crippen molar-refractivity contribution in [2.75, 3.05) is 0 Å². The molecule has 1 aromatic carbocycles. The summed E-state index contributed by atoms with van der Waals surface area (Å²) in [6.07, 6.45) is 0. The molecule has 0 fully saturated rings. The molecule has 2 N–H and O–H groups in total. The van der Waals surface area contributed by atoms with E-state index in [4.69, 9.17) is 0 Å². The van der Waals surface area contributed by atoms with Gasteiger partial charge in [0.15, 0.2) is 0 Å². The van der Waals surface area contributed by atoms with Crippen LogP contribution < -0.4 is 17.1 Å². The van der Waals surface area contributed by atoms with Gasteiger partial charge in [0, 0.05) is 12.1 Å². The van der Waals surface area contributed by atoms with Gasteiger partial charge in [-0.15, -0.1) is 0 Å². The van der Waals surface area contributed by atoms with Crippen LogP contribution in [0.2, 0.25) is 0 Å². The van der Waals surface area contributed by atoms with Crippen molar-refractivity contribution in [3.8, 4) is 5.69 Å². The quantitative estimate of drug-likeness (QED) is 0.528. The highest BCUT2D eigenvalue weighted by molar-refractivity contribution is 5.40. The first-order valence-electron chi connectivity index (χ1n) is 4.69. The average molecular weight is 250 g/mol. The van der Waals surface area contributed by atoms with Gasteiger partial charge in [0.25, 0.3) is 5.69 Å². The molecular formula is C9H6N4O5. The zero-order valence-corrected chi connectivity index (χ0v) is 8.75. The Labute approximate surface area is 97.5 Å². The number of nitro benzene ring substituents is 1. The lowest BCUT2D eigenvalue weighted by Crippen LogP contribution is -2.42. The standard InChI is InChI=1S/C9H6N4O5/c14-7-10-8(15)12(9(16)11-7)5-1-3-6(4-2-5)13(17)18/h1-4H,(H2,10,11,14,15,16). The number of hydrogen-bond donors (Lipinski definition) is 2. The van der Waals surface area contributed by atoms with Crippen molar-refractivity contribution in [1.29, 1.82) is 0 Å². The van der Waals surface area contributed by atoms with Crippen LogP contribution in [-0.4, -0.2) is 19.5 Å². The van der Waals surface area contributed by atoms with Crippen LogP contribution in [0.1, 0.15) is 0 Å². The summed E-state index contributed by atoms with van der Waals surface area (Å²) >= 11 is 0. The summed E-state index contributed by atoms with van der Waals surface area (Å²) < 4.78 is 0.658. The Bertz CT molecular complexity index is 733. The maximum absolute atomic E-state index is 11.4. The SMILES string of the molecule is O=c1[nH]c(=O)n(-c2ccc([N+](=O)[O-])cc2)c(=O)[nH]1. The number of hydrogen-bond acceptors (Lipinski definition) is 5. The molecule has 9 heteroatoms. The molecule has 0 amide bonds. The normalized spacial score (nSPS) is 10.2. The topological polar surface area (TPSA) is 131 Å². The van der Waals surface area contributed by atoms with Crippen molar-refractivity contribution in [2.24, 2.45) is 0 Å². The number of rotatable bonds is 2. The van der Waals surface area contributed by atoms with Gasteiger partial charge in [-0.3, -0.25) is 20.1 Å². The van der Waals surface area contributed by atoms with Gasteiger partial charge < -0.3 is 0 Å². The minimum absolute atomic E-state index is 0.114. The number of nitro groups is 1. The van der Waals surface area contributed by atoms with E-state index in [-0.39, 0.29) is 11.4 Å². The fourth-order valence-corrected chi connectivity index (χ4v) is 1.39. The Kier molecular flexibility index (Phi) is 2.64. The number of nitrogens with zero attached hydrogens (tertiary/aromatic N) is 2. The lowest BCUT2D eigenvalue weighted by atomic mass is 10.3. The molecule has 0 unspecified atom stereocenters. The largest absolute Gasteiger partial charge is 0.338 e. The van der Waals surface area contributed by atoms with Crippen molar-refractivity contribution < 1.29 is 4.92 Å². The second-order valence-electron chi connectivity index (χ2n) is 3.30. The number of aromatic amines is 2. The highest BCUT2D eigenvalue weighted by Crippen LogP contribution is 2.12. The van der Waals surface area contributed by atoms with Gasteiger partial charge in [-0.25, -0.2) is 19.0 Å². The highest BCUT2D eigenvalue weighted by atomic mass is 16.6. The Morgan fingerprint density at radius 1 is 1.00 bits per heavy atom.